The van der Waals surface area contributed by atoms with Gasteiger partial charge in [-0.15, -0.1) is 0 Å². The zero-order valence-corrected chi connectivity index (χ0v) is 17.7. The monoisotopic (exact) mass is 436 g/mol. The van der Waals surface area contributed by atoms with Crippen molar-refractivity contribution in [2.45, 2.75) is 30.6 Å². The van der Waals surface area contributed by atoms with E-state index in [0.29, 0.717) is 36.8 Å². The fourth-order valence-electron chi connectivity index (χ4n) is 3.11. The summed E-state index contributed by atoms with van der Waals surface area (Å²) in [5.41, 5.74) is 0.447. The van der Waals surface area contributed by atoms with E-state index < -0.39 is 10.0 Å². The molecule has 0 aliphatic carbocycles. The third kappa shape index (κ3) is 5.95. The van der Waals surface area contributed by atoms with Crippen LogP contribution in [0.4, 0.5) is 0 Å². The van der Waals surface area contributed by atoms with Gasteiger partial charge in [0.15, 0.2) is 0 Å². The molecule has 0 spiro atoms. The van der Waals surface area contributed by atoms with E-state index in [1.807, 2.05) is 12.1 Å². The first-order chi connectivity index (χ1) is 14.0. The number of carbonyl (C=O) groups is 1. The quantitative estimate of drug-likeness (QED) is 0.608. The molecule has 1 heterocycles. The Hall–Kier alpha value is -2.09. The van der Waals surface area contributed by atoms with Gasteiger partial charge in [0.2, 0.25) is 10.0 Å². The molecular weight excluding hydrogens is 412 g/mol. The highest BCUT2D eigenvalue weighted by Crippen LogP contribution is 2.21. The number of hydrogen-bond acceptors (Lipinski definition) is 4. The van der Waals surface area contributed by atoms with Gasteiger partial charge in [0.25, 0.3) is 5.91 Å². The Labute approximate surface area is 176 Å². The topological polar surface area (TPSA) is 75.7 Å². The van der Waals surface area contributed by atoms with Crippen LogP contribution in [0, 0.1) is 0 Å². The Morgan fingerprint density at radius 2 is 1.66 bits per heavy atom. The summed E-state index contributed by atoms with van der Waals surface area (Å²) < 4.78 is 32.1. The molecule has 1 fully saturated rings. The molecule has 6 nitrogen and oxygen atoms in total. The first-order valence-corrected chi connectivity index (χ1v) is 11.6. The van der Waals surface area contributed by atoms with Crippen LogP contribution in [0.3, 0.4) is 0 Å². The van der Waals surface area contributed by atoms with Gasteiger partial charge in [-0.2, -0.15) is 4.31 Å². The summed E-state index contributed by atoms with van der Waals surface area (Å²) in [5, 5.41) is 3.51. The molecule has 3 rings (SSSR count). The maximum atomic E-state index is 12.5. The minimum Gasteiger partial charge on any atom is -0.494 e. The van der Waals surface area contributed by atoms with E-state index in [-0.39, 0.29) is 10.8 Å². The molecule has 156 valence electrons. The largest absolute Gasteiger partial charge is 0.494 e. The Morgan fingerprint density at radius 3 is 2.31 bits per heavy atom. The van der Waals surface area contributed by atoms with E-state index in [2.05, 4.69) is 5.32 Å². The highest BCUT2D eigenvalue weighted by Gasteiger charge is 2.27. The molecule has 1 aliphatic rings. The average molecular weight is 437 g/mol. The highest BCUT2D eigenvalue weighted by atomic mass is 35.5. The molecule has 0 saturated carbocycles. The zero-order valence-electron chi connectivity index (χ0n) is 16.1. The van der Waals surface area contributed by atoms with Gasteiger partial charge in [0.1, 0.15) is 5.75 Å². The van der Waals surface area contributed by atoms with E-state index in [1.165, 1.54) is 16.4 Å². The summed E-state index contributed by atoms with van der Waals surface area (Å²) in [5.74, 6) is 0.552. The molecule has 0 unspecified atom stereocenters. The summed E-state index contributed by atoms with van der Waals surface area (Å²) >= 11 is 5.83. The van der Waals surface area contributed by atoms with Gasteiger partial charge in [-0.3, -0.25) is 4.79 Å². The Kier molecular flexibility index (Phi) is 7.52. The molecule has 0 aromatic heterocycles. The average Bonchev–Trinajstić information content (AvgIpc) is 3.28. The second-order valence-electron chi connectivity index (χ2n) is 6.90. The van der Waals surface area contributed by atoms with Crippen molar-refractivity contribution in [3.05, 3.63) is 59.1 Å². The number of ether oxygens (including phenoxy) is 1. The van der Waals surface area contributed by atoms with Crippen molar-refractivity contribution in [3.8, 4) is 5.75 Å². The van der Waals surface area contributed by atoms with Crippen LogP contribution in [-0.4, -0.2) is 44.9 Å². The summed E-state index contributed by atoms with van der Waals surface area (Å²) in [6.45, 7) is 2.20. The van der Waals surface area contributed by atoms with Crippen LogP contribution in [0.2, 0.25) is 5.02 Å². The van der Waals surface area contributed by atoms with Crippen molar-refractivity contribution < 1.29 is 17.9 Å². The smallest absolute Gasteiger partial charge is 0.251 e. The molecular formula is C21H25ClN2O4S. The van der Waals surface area contributed by atoms with Crippen molar-refractivity contribution >= 4 is 27.5 Å². The van der Waals surface area contributed by atoms with Gasteiger partial charge in [-0.25, -0.2) is 8.42 Å². The predicted octanol–water partition coefficient (Wildman–Crippen LogP) is 3.71. The van der Waals surface area contributed by atoms with Crippen LogP contribution in [-0.2, 0) is 10.0 Å². The Morgan fingerprint density at radius 1 is 1.00 bits per heavy atom. The second-order valence-corrected chi connectivity index (χ2v) is 9.28. The van der Waals surface area contributed by atoms with Gasteiger partial charge in [0.05, 0.1) is 11.5 Å². The molecule has 2 aromatic rings. The van der Waals surface area contributed by atoms with E-state index >= 15 is 0 Å². The maximum absolute atomic E-state index is 12.5. The lowest BCUT2D eigenvalue weighted by Crippen LogP contribution is -2.28. The number of hydrogen-bond donors (Lipinski definition) is 1. The number of nitrogens with zero attached hydrogens (tertiary/aromatic N) is 1. The second kappa shape index (κ2) is 10.1. The third-order valence-corrected chi connectivity index (χ3v) is 6.92. The standard InChI is InChI=1S/C21H25ClN2O4S/c22-18-7-9-19(10-8-18)28-16-4-1-13-23-21(25)17-5-11-20(12-6-17)29(26,27)24-14-2-3-15-24/h5-12H,1-4,13-16H2,(H,23,25). The summed E-state index contributed by atoms with van der Waals surface area (Å²) in [6.07, 6.45) is 3.37. The van der Waals surface area contributed by atoms with Gasteiger partial charge < -0.3 is 10.1 Å². The molecule has 1 saturated heterocycles. The van der Waals surface area contributed by atoms with Crippen molar-refractivity contribution in [3.63, 3.8) is 0 Å². The summed E-state index contributed by atoms with van der Waals surface area (Å²) in [7, 11) is -3.45. The lowest BCUT2D eigenvalue weighted by molar-refractivity contribution is 0.0952. The number of benzene rings is 2. The number of sulfonamides is 1. The Balaban J connectivity index is 1.39. The van der Waals surface area contributed by atoms with Crippen LogP contribution in [0.5, 0.6) is 5.75 Å². The number of amides is 1. The lowest BCUT2D eigenvalue weighted by Gasteiger charge is -2.15. The first-order valence-electron chi connectivity index (χ1n) is 9.73. The van der Waals surface area contributed by atoms with Crippen LogP contribution >= 0.6 is 11.6 Å². The molecule has 1 N–H and O–H groups in total. The van der Waals surface area contributed by atoms with Gasteiger partial charge in [-0.1, -0.05) is 11.6 Å². The number of carbonyl (C=O) groups excluding carboxylic acids is 1. The minimum absolute atomic E-state index is 0.214. The fraction of sp³-hybridized carbons (Fsp3) is 0.381. The van der Waals surface area contributed by atoms with Crippen LogP contribution < -0.4 is 10.1 Å². The van der Waals surface area contributed by atoms with E-state index in [9.17, 15) is 13.2 Å². The van der Waals surface area contributed by atoms with Crippen molar-refractivity contribution in [1.29, 1.82) is 0 Å². The molecule has 1 aliphatic heterocycles. The van der Waals surface area contributed by atoms with Crippen LogP contribution in [0.15, 0.2) is 53.4 Å². The molecule has 0 atom stereocenters. The maximum Gasteiger partial charge on any atom is 0.251 e. The van der Waals surface area contributed by atoms with E-state index in [4.69, 9.17) is 16.3 Å². The van der Waals surface area contributed by atoms with Gasteiger partial charge in [-0.05, 0) is 74.2 Å². The predicted molar refractivity (Wildman–Crippen MR) is 113 cm³/mol. The molecule has 1 amide bonds. The minimum atomic E-state index is -3.45. The lowest BCUT2D eigenvalue weighted by atomic mass is 10.2. The van der Waals surface area contributed by atoms with Gasteiger partial charge in [0, 0.05) is 30.2 Å². The number of unbranched alkanes of at least 4 members (excludes halogenated alkanes) is 1. The third-order valence-electron chi connectivity index (χ3n) is 4.76. The number of nitrogens with one attached hydrogen (secondary N) is 1. The SMILES string of the molecule is O=C(NCCCCOc1ccc(Cl)cc1)c1ccc(S(=O)(=O)N2CCCC2)cc1. The zero-order chi connectivity index (χ0) is 20.7. The van der Waals surface area contributed by atoms with E-state index in [0.717, 1.165) is 31.4 Å². The van der Waals surface area contributed by atoms with E-state index in [1.54, 1.807) is 24.3 Å². The normalized spacial score (nSPS) is 14.7. The summed E-state index contributed by atoms with van der Waals surface area (Å²) in [6, 6.07) is 13.3. The molecule has 8 heteroatoms. The molecule has 0 bridgehead atoms. The number of halogens is 1. The molecule has 29 heavy (non-hydrogen) atoms. The van der Waals surface area contributed by atoms with Gasteiger partial charge >= 0.3 is 0 Å². The first kappa shape index (κ1) is 21.6. The Bertz CT molecular complexity index is 909. The highest BCUT2D eigenvalue weighted by molar-refractivity contribution is 7.89. The number of rotatable bonds is 9. The summed E-state index contributed by atoms with van der Waals surface area (Å²) in [4.78, 5) is 12.5. The molecule has 2 aromatic carbocycles. The van der Waals surface area contributed by atoms with Crippen molar-refractivity contribution in [2.75, 3.05) is 26.2 Å². The van der Waals surface area contributed by atoms with Crippen molar-refractivity contribution in [1.82, 2.24) is 9.62 Å². The van der Waals surface area contributed by atoms with Crippen molar-refractivity contribution in [2.24, 2.45) is 0 Å². The van der Waals surface area contributed by atoms with Crippen LogP contribution in [0.1, 0.15) is 36.0 Å². The van der Waals surface area contributed by atoms with Crippen LogP contribution in [0.25, 0.3) is 0 Å². The fourth-order valence-corrected chi connectivity index (χ4v) is 4.75. The molecule has 0 radical (unpaired) electrons.